The average molecular weight is 422 g/mol. The van der Waals surface area contributed by atoms with E-state index >= 15 is 0 Å². The van der Waals surface area contributed by atoms with Gasteiger partial charge in [0.1, 0.15) is 17.2 Å². The Labute approximate surface area is 159 Å². The molecule has 0 heterocycles. The molecule has 3 rings (SSSR count). The molecule has 0 bridgehead atoms. The Balaban J connectivity index is 2.34. The Morgan fingerprint density at radius 2 is 1.68 bits per heavy atom. The highest BCUT2D eigenvalue weighted by molar-refractivity contribution is 9.10. The number of methoxy groups -OCH3 is 1. The van der Waals surface area contributed by atoms with Crippen LogP contribution in [0.15, 0.2) is 71.2 Å². The van der Waals surface area contributed by atoms with Gasteiger partial charge in [0.2, 0.25) is 0 Å². The smallest absolute Gasteiger partial charge is 0.144 e. The average Bonchev–Trinajstić information content (AvgIpc) is 2.62. The highest BCUT2D eigenvalue weighted by atomic mass is 79.9. The van der Waals surface area contributed by atoms with Crippen LogP contribution in [0, 0.1) is 5.82 Å². The summed E-state index contributed by atoms with van der Waals surface area (Å²) < 4.78 is 20.6. The molecule has 0 saturated heterocycles. The molecule has 0 saturated carbocycles. The summed E-state index contributed by atoms with van der Waals surface area (Å²) in [5, 5.41) is 12.3. The van der Waals surface area contributed by atoms with E-state index in [-0.39, 0.29) is 5.56 Å². The minimum Gasteiger partial charge on any atom is -0.497 e. The van der Waals surface area contributed by atoms with E-state index in [4.69, 9.17) is 16.3 Å². The van der Waals surface area contributed by atoms with E-state index in [9.17, 15) is 9.50 Å². The maximum absolute atomic E-state index is 14.7. The SMILES string of the molecule is COc1ccc(F)c(C(O)(c2ccc(Cl)cc2)c2ccccc2Br)c1. The standard InChI is InChI=1S/C20H15BrClFO2/c1-25-15-10-11-19(23)17(12-15)20(24,13-6-8-14(22)9-7-13)16-4-2-3-5-18(16)21/h2-12,24H,1H3. The first-order valence-electron chi connectivity index (χ1n) is 7.54. The summed E-state index contributed by atoms with van der Waals surface area (Å²) in [5.74, 6) is -0.0788. The van der Waals surface area contributed by atoms with Gasteiger partial charge in [0.25, 0.3) is 0 Å². The predicted molar refractivity (Wildman–Crippen MR) is 101 cm³/mol. The molecule has 25 heavy (non-hydrogen) atoms. The Kier molecular flexibility index (Phi) is 5.13. The van der Waals surface area contributed by atoms with Crippen LogP contribution in [0.3, 0.4) is 0 Å². The molecule has 0 spiro atoms. The lowest BCUT2D eigenvalue weighted by Gasteiger charge is -2.31. The van der Waals surface area contributed by atoms with Gasteiger partial charge in [0, 0.05) is 20.6 Å². The Bertz CT molecular complexity index is 898. The van der Waals surface area contributed by atoms with Gasteiger partial charge >= 0.3 is 0 Å². The monoisotopic (exact) mass is 420 g/mol. The molecule has 0 amide bonds. The minimum atomic E-state index is -1.72. The molecule has 0 aliphatic rings. The van der Waals surface area contributed by atoms with Crippen LogP contribution in [0.5, 0.6) is 5.75 Å². The van der Waals surface area contributed by atoms with E-state index in [1.165, 1.54) is 25.3 Å². The van der Waals surface area contributed by atoms with Crippen molar-refractivity contribution in [2.24, 2.45) is 0 Å². The minimum absolute atomic E-state index is 0.0982. The summed E-state index contributed by atoms with van der Waals surface area (Å²) in [6, 6.07) is 18.2. The van der Waals surface area contributed by atoms with Gasteiger partial charge in [-0.3, -0.25) is 0 Å². The van der Waals surface area contributed by atoms with Crippen molar-refractivity contribution in [1.29, 1.82) is 0 Å². The summed E-state index contributed by atoms with van der Waals surface area (Å²) in [7, 11) is 1.50. The van der Waals surface area contributed by atoms with Crippen LogP contribution >= 0.6 is 27.5 Å². The van der Waals surface area contributed by atoms with Crippen LogP contribution < -0.4 is 4.74 Å². The number of hydrogen-bond donors (Lipinski definition) is 1. The third kappa shape index (κ3) is 3.30. The quantitative estimate of drug-likeness (QED) is 0.561. The second-order valence-electron chi connectivity index (χ2n) is 5.54. The van der Waals surface area contributed by atoms with Crippen LogP contribution in [-0.2, 0) is 5.60 Å². The number of hydrogen-bond acceptors (Lipinski definition) is 2. The number of ether oxygens (including phenoxy) is 1. The molecule has 3 aromatic rings. The summed E-state index contributed by atoms with van der Waals surface area (Å²) in [5.41, 5.74) is -0.606. The molecule has 0 aliphatic heterocycles. The summed E-state index contributed by atoms with van der Waals surface area (Å²) in [6.45, 7) is 0. The van der Waals surface area contributed by atoms with E-state index in [2.05, 4.69) is 15.9 Å². The lowest BCUT2D eigenvalue weighted by atomic mass is 9.80. The summed E-state index contributed by atoms with van der Waals surface area (Å²) in [6.07, 6.45) is 0. The van der Waals surface area contributed by atoms with Crippen LogP contribution in [0.1, 0.15) is 16.7 Å². The molecule has 0 aliphatic carbocycles. The van der Waals surface area contributed by atoms with Crippen molar-refractivity contribution in [2.45, 2.75) is 5.60 Å². The van der Waals surface area contributed by atoms with Crippen molar-refractivity contribution in [3.05, 3.63) is 98.7 Å². The van der Waals surface area contributed by atoms with Crippen molar-refractivity contribution in [3.63, 3.8) is 0 Å². The molecule has 128 valence electrons. The molecule has 2 nitrogen and oxygen atoms in total. The number of aliphatic hydroxyl groups is 1. The highest BCUT2D eigenvalue weighted by Gasteiger charge is 2.38. The molecule has 1 N–H and O–H groups in total. The second-order valence-corrected chi connectivity index (χ2v) is 6.83. The van der Waals surface area contributed by atoms with Gasteiger partial charge in [-0.2, -0.15) is 0 Å². The maximum atomic E-state index is 14.7. The van der Waals surface area contributed by atoms with Crippen LogP contribution in [0.4, 0.5) is 4.39 Å². The molecule has 0 fully saturated rings. The largest absolute Gasteiger partial charge is 0.497 e. The van der Waals surface area contributed by atoms with Gasteiger partial charge in [-0.25, -0.2) is 4.39 Å². The zero-order valence-electron chi connectivity index (χ0n) is 13.3. The Morgan fingerprint density at radius 1 is 1.00 bits per heavy atom. The van der Waals surface area contributed by atoms with E-state index < -0.39 is 11.4 Å². The van der Waals surface area contributed by atoms with E-state index in [1.807, 2.05) is 6.07 Å². The van der Waals surface area contributed by atoms with Crippen molar-refractivity contribution >= 4 is 27.5 Å². The van der Waals surface area contributed by atoms with Crippen molar-refractivity contribution in [1.82, 2.24) is 0 Å². The Hall–Kier alpha value is -1.88. The molecule has 1 atom stereocenters. The molecular weight excluding hydrogens is 407 g/mol. The molecular formula is C20H15BrClFO2. The van der Waals surface area contributed by atoms with Crippen molar-refractivity contribution in [3.8, 4) is 5.75 Å². The van der Waals surface area contributed by atoms with E-state index in [0.29, 0.717) is 26.4 Å². The number of benzene rings is 3. The number of halogens is 3. The predicted octanol–water partition coefficient (Wildman–Crippen LogP) is 5.53. The lowest BCUT2D eigenvalue weighted by Crippen LogP contribution is -2.30. The topological polar surface area (TPSA) is 29.5 Å². The van der Waals surface area contributed by atoms with Crippen LogP contribution in [-0.4, -0.2) is 12.2 Å². The molecule has 3 aromatic carbocycles. The van der Waals surface area contributed by atoms with Crippen LogP contribution in [0.2, 0.25) is 5.02 Å². The zero-order valence-corrected chi connectivity index (χ0v) is 15.7. The Morgan fingerprint density at radius 3 is 2.32 bits per heavy atom. The molecule has 1 unspecified atom stereocenters. The first kappa shape index (κ1) is 17.9. The normalized spacial score (nSPS) is 13.3. The molecule has 5 heteroatoms. The summed E-state index contributed by atoms with van der Waals surface area (Å²) in [4.78, 5) is 0. The van der Waals surface area contributed by atoms with Crippen molar-refractivity contribution in [2.75, 3.05) is 7.11 Å². The van der Waals surface area contributed by atoms with E-state index in [0.717, 1.165) is 0 Å². The molecule has 0 radical (unpaired) electrons. The van der Waals surface area contributed by atoms with Gasteiger partial charge in [-0.15, -0.1) is 0 Å². The highest BCUT2D eigenvalue weighted by Crippen LogP contribution is 2.42. The maximum Gasteiger partial charge on any atom is 0.144 e. The lowest BCUT2D eigenvalue weighted by molar-refractivity contribution is 0.120. The zero-order chi connectivity index (χ0) is 18.0. The summed E-state index contributed by atoms with van der Waals surface area (Å²) >= 11 is 9.44. The van der Waals surface area contributed by atoms with Gasteiger partial charge in [-0.1, -0.05) is 57.9 Å². The van der Waals surface area contributed by atoms with E-state index in [1.54, 1.807) is 42.5 Å². The third-order valence-electron chi connectivity index (χ3n) is 4.09. The van der Waals surface area contributed by atoms with Gasteiger partial charge in [-0.05, 0) is 42.0 Å². The van der Waals surface area contributed by atoms with Crippen LogP contribution in [0.25, 0.3) is 0 Å². The van der Waals surface area contributed by atoms with Gasteiger partial charge in [0.15, 0.2) is 0 Å². The first-order chi connectivity index (χ1) is 12.0. The second kappa shape index (κ2) is 7.16. The van der Waals surface area contributed by atoms with Gasteiger partial charge < -0.3 is 9.84 Å². The van der Waals surface area contributed by atoms with Gasteiger partial charge in [0.05, 0.1) is 7.11 Å². The fraction of sp³-hybridized carbons (Fsp3) is 0.100. The number of rotatable bonds is 4. The third-order valence-corrected chi connectivity index (χ3v) is 5.03. The van der Waals surface area contributed by atoms with Crippen molar-refractivity contribution < 1.29 is 14.2 Å². The fourth-order valence-corrected chi connectivity index (χ4v) is 3.51. The molecule has 0 aromatic heterocycles. The first-order valence-corrected chi connectivity index (χ1v) is 8.71. The fourth-order valence-electron chi connectivity index (χ4n) is 2.81.